The van der Waals surface area contributed by atoms with E-state index in [1.165, 1.54) is 23.5 Å². The minimum Gasteiger partial charge on any atom is -0.481 e. The molecule has 10 heteroatoms. The van der Waals surface area contributed by atoms with Gasteiger partial charge in [0.1, 0.15) is 6.04 Å². The number of aliphatic carboxylic acids is 1. The van der Waals surface area contributed by atoms with Gasteiger partial charge in [-0.1, -0.05) is 12.1 Å². The molecule has 2 amide bonds. The maximum atomic E-state index is 13.3. The summed E-state index contributed by atoms with van der Waals surface area (Å²) in [5.41, 5.74) is -0.960. The molecule has 6 nitrogen and oxygen atoms in total. The number of hydrogen-bond donors (Lipinski definition) is 2. The van der Waals surface area contributed by atoms with Gasteiger partial charge in [0.2, 0.25) is 11.8 Å². The number of amides is 2. The fourth-order valence-corrected chi connectivity index (χ4v) is 3.96. The van der Waals surface area contributed by atoms with Crippen molar-refractivity contribution in [2.45, 2.75) is 37.9 Å². The predicted molar refractivity (Wildman–Crippen MR) is 109 cm³/mol. The Labute approximate surface area is 180 Å². The lowest BCUT2D eigenvalue weighted by Gasteiger charge is -2.31. The predicted octanol–water partition coefficient (Wildman–Crippen LogP) is 4.23. The Morgan fingerprint density at radius 3 is 2.52 bits per heavy atom. The van der Waals surface area contributed by atoms with Crippen LogP contribution < -0.4 is 10.2 Å². The minimum atomic E-state index is -4.61. The molecule has 3 rings (SSSR count). The summed E-state index contributed by atoms with van der Waals surface area (Å²) < 4.78 is 39.9. The molecule has 166 valence electrons. The lowest BCUT2D eigenvalue weighted by Crippen LogP contribution is -2.44. The maximum absolute atomic E-state index is 13.3. The molecule has 0 aliphatic heterocycles. The molecular formula is C21H21F3N2O4S. The summed E-state index contributed by atoms with van der Waals surface area (Å²) in [6.07, 6.45) is -3.08. The summed E-state index contributed by atoms with van der Waals surface area (Å²) in [7, 11) is 0. The average molecular weight is 454 g/mol. The van der Waals surface area contributed by atoms with Crippen molar-refractivity contribution in [2.24, 2.45) is 5.92 Å². The van der Waals surface area contributed by atoms with E-state index in [2.05, 4.69) is 5.32 Å². The largest absolute Gasteiger partial charge is 0.481 e. The first kappa shape index (κ1) is 22.8. The van der Waals surface area contributed by atoms with Gasteiger partial charge in [-0.2, -0.15) is 13.2 Å². The molecule has 1 aliphatic carbocycles. The molecule has 1 saturated carbocycles. The normalized spacial score (nSPS) is 14.7. The summed E-state index contributed by atoms with van der Waals surface area (Å²) in [5.74, 6) is -2.05. The number of nitrogens with one attached hydrogen (secondary N) is 1. The number of nitrogens with zero attached hydrogens (tertiary/aromatic N) is 1. The number of carboxylic acids is 1. The third-order valence-electron chi connectivity index (χ3n) is 4.84. The highest BCUT2D eigenvalue weighted by molar-refractivity contribution is 7.10. The van der Waals surface area contributed by atoms with Gasteiger partial charge in [0.15, 0.2) is 0 Å². The second-order valence-electron chi connectivity index (χ2n) is 7.31. The number of rotatable bonds is 9. The molecular weight excluding hydrogens is 433 g/mol. The van der Waals surface area contributed by atoms with Crippen LogP contribution in [0, 0.1) is 5.92 Å². The lowest BCUT2D eigenvalue weighted by atomic mass is 10.1. The topological polar surface area (TPSA) is 86.7 Å². The van der Waals surface area contributed by atoms with Gasteiger partial charge >= 0.3 is 12.1 Å². The van der Waals surface area contributed by atoms with E-state index in [-0.39, 0.29) is 31.0 Å². The fourth-order valence-electron chi connectivity index (χ4n) is 3.15. The van der Waals surface area contributed by atoms with Crippen LogP contribution in [0.2, 0.25) is 0 Å². The Kier molecular flexibility index (Phi) is 6.99. The SMILES string of the molecule is O=C(O)CCNC(=O)C(c1cccs1)N(C(=O)CC1CC1)c1cccc(C(F)(F)F)c1. The number of hydrogen-bond acceptors (Lipinski definition) is 4. The molecule has 2 N–H and O–H groups in total. The average Bonchev–Trinajstić information content (AvgIpc) is 3.34. The lowest BCUT2D eigenvalue weighted by molar-refractivity contribution is -0.138. The van der Waals surface area contributed by atoms with Crippen LogP contribution >= 0.6 is 11.3 Å². The van der Waals surface area contributed by atoms with E-state index in [0.29, 0.717) is 4.88 Å². The standard InChI is InChI=1S/C21H21F3N2O4S/c22-21(23,24)14-3-1-4-15(12-14)26(17(27)11-13-6-7-13)19(16-5-2-10-31-16)20(30)25-9-8-18(28)29/h1-5,10,12-13,19H,6-9,11H2,(H,25,30)(H,28,29). The summed E-state index contributed by atoms with van der Waals surface area (Å²) in [5, 5.41) is 13.0. The number of thiophene rings is 1. The summed E-state index contributed by atoms with van der Waals surface area (Å²) in [4.78, 5) is 38.5. The first-order chi connectivity index (χ1) is 14.7. The van der Waals surface area contributed by atoms with Crippen molar-refractivity contribution in [1.82, 2.24) is 5.32 Å². The third kappa shape index (κ3) is 6.06. The zero-order valence-electron chi connectivity index (χ0n) is 16.4. The van der Waals surface area contributed by atoms with Crippen LogP contribution in [0.4, 0.5) is 18.9 Å². The molecule has 0 radical (unpaired) electrons. The molecule has 0 spiro atoms. The highest BCUT2D eigenvalue weighted by atomic mass is 32.1. The van der Waals surface area contributed by atoms with Gasteiger partial charge in [-0.3, -0.25) is 19.3 Å². The molecule has 2 aromatic rings. The third-order valence-corrected chi connectivity index (χ3v) is 5.76. The number of carbonyl (C=O) groups excluding carboxylic acids is 2. The molecule has 1 aliphatic rings. The van der Waals surface area contributed by atoms with Gasteiger partial charge in [0.05, 0.1) is 12.0 Å². The van der Waals surface area contributed by atoms with Gasteiger partial charge in [-0.05, 0) is 48.4 Å². The number of carboxylic acid groups (broad SMARTS) is 1. The van der Waals surface area contributed by atoms with Crippen LogP contribution in [0.3, 0.4) is 0 Å². The zero-order chi connectivity index (χ0) is 22.6. The van der Waals surface area contributed by atoms with Gasteiger partial charge in [0, 0.05) is 23.5 Å². The number of anilines is 1. The molecule has 1 aromatic carbocycles. The van der Waals surface area contributed by atoms with E-state index in [4.69, 9.17) is 5.11 Å². The van der Waals surface area contributed by atoms with E-state index < -0.39 is 35.6 Å². The quantitative estimate of drug-likeness (QED) is 0.594. The summed E-state index contributed by atoms with van der Waals surface area (Å²) in [6, 6.07) is 6.41. The van der Waals surface area contributed by atoms with Gasteiger partial charge in [-0.25, -0.2) is 0 Å². The number of benzene rings is 1. The van der Waals surface area contributed by atoms with Crippen molar-refractivity contribution in [3.8, 4) is 0 Å². The first-order valence-electron chi connectivity index (χ1n) is 9.69. The van der Waals surface area contributed by atoms with Gasteiger partial charge in [0.25, 0.3) is 0 Å². The Morgan fingerprint density at radius 1 is 1.19 bits per heavy atom. The fraction of sp³-hybridized carbons (Fsp3) is 0.381. The summed E-state index contributed by atoms with van der Waals surface area (Å²) >= 11 is 1.19. The van der Waals surface area contributed by atoms with Gasteiger partial charge in [-0.15, -0.1) is 11.3 Å². The van der Waals surface area contributed by atoms with Crippen molar-refractivity contribution >= 4 is 34.8 Å². The van der Waals surface area contributed by atoms with Crippen molar-refractivity contribution in [1.29, 1.82) is 0 Å². The maximum Gasteiger partial charge on any atom is 0.416 e. The molecule has 0 bridgehead atoms. The molecule has 1 heterocycles. The molecule has 1 aromatic heterocycles. The van der Waals surface area contributed by atoms with E-state index in [1.807, 2.05) is 0 Å². The van der Waals surface area contributed by atoms with Crippen LogP contribution in [0.25, 0.3) is 0 Å². The zero-order valence-corrected chi connectivity index (χ0v) is 17.2. The molecule has 31 heavy (non-hydrogen) atoms. The van der Waals surface area contributed by atoms with Crippen molar-refractivity contribution in [3.05, 3.63) is 52.2 Å². The Balaban J connectivity index is 2.00. The van der Waals surface area contributed by atoms with E-state index in [0.717, 1.165) is 29.9 Å². The molecule has 1 unspecified atom stereocenters. The number of halogens is 3. The smallest absolute Gasteiger partial charge is 0.416 e. The monoisotopic (exact) mass is 454 g/mol. The van der Waals surface area contributed by atoms with Crippen LogP contribution in [0.5, 0.6) is 0 Å². The Hall–Kier alpha value is -2.88. The van der Waals surface area contributed by atoms with E-state index in [1.54, 1.807) is 17.5 Å². The molecule has 1 atom stereocenters. The first-order valence-corrected chi connectivity index (χ1v) is 10.6. The Morgan fingerprint density at radius 2 is 1.94 bits per heavy atom. The van der Waals surface area contributed by atoms with Crippen molar-refractivity contribution in [3.63, 3.8) is 0 Å². The van der Waals surface area contributed by atoms with E-state index in [9.17, 15) is 27.6 Å². The summed E-state index contributed by atoms with van der Waals surface area (Å²) in [6.45, 7) is -0.163. The van der Waals surface area contributed by atoms with Crippen molar-refractivity contribution in [2.75, 3.05) is 11.4 Å². The van der Waals surface area contributed by atoms with Gasteiger partial charge < -0.3 is 10.4 Å². The van der Waals surface area contributed by atoms with Crippen LogP contribution in [-0.4, -0.2) is 29.4 Å². The number of carbonyl (C=O) groups is 3. The molecule has 0 saturated heterocycles. The van der Waals surface area contributed by atoms with Crippen molar-refractivity contribution < 1.29 is 32.7 Å². The number of alkyl halides is 3. The van der Waals surface area contributed by atoms with Crippen LogP contribution in [0.1, 0.15) is 42.2 Å². The molecule has 1 fully saturated rings. The second kappa shape index (κ2) is 9.51. The highest BCUT2D eigenvalue weighted by Crippen LogP contribution is 2.38. The minimum absolute atomic E-state index is 0.0349. The highest BCUT2D eigenvalue weighted by Gasteiger charge is 2.37. The Bertz CT molecular complexity index is 942. The van der Waals surface area contributed by atoms with Crippen LogP contribution in [0.15, 0.2) is 41.8 Å². The second-order valence-corrected chi connectivity index (χ2v) is 8.29. The van der Waals surface area contributed by atoms with Crippen LogP contribution in [-0.2, 0) is 20.6 Å². The van der Waals surface area contributed by atoms with E-state index >= 15 is 0 Å².